The van der Waals surface area contributed by atoms with Gasteiger partial charge in [0.25, 0.3) is 0 Å². The third kappa shape index (κ3) is 3.94. The van der Waals surface area contributed by atoms with Crippen LogP contribution in [0.5, 0.6) is 0 Å². The van der Waals surface area contributed by atoms with Crippen molar-refractivity contribution < 1.29 is 23.1 Å². The molecule has 2 atom stereocenters. The largest absolute Gasteiger partial charge is 0.480 e. The Morgan fingerprint density at radius 2 is 2.08 bits per heavy atom. The van der Waals surface area contributed by atoms with E-state index in [-0.39, 0.29) is 0 Å². The number of aryl methyl sites for hydroxylation is 1. The summed E-state index contributed by atoms with van der Waals surface area (Å²) in [5.74, 6) is -0.921. The second kappa shape index (κ2) is 7.40. The van der Waals surface area contributed by atoms with Crippen LogP contribution in [0.3, 0.4) is 0 Å². The molecule has 0 spiro atoms. The highest BCUT2D eigenvalue weighted by Crippen LogP contribution is 2.39. The number of halogens is 3. The number of likely N-dealkylation sites (tertiary alicyclic amines) is 1. The second-order valence-corrected chi connectivity index (χ2v) is 7.58. The van der Waals surface area contributed by atoms with Crippen molar-refractivity contribution in [3.05, 3.63) is 57.3 Å². The fraction of sp³-hybridized carbons (Fsp3) is 0.421. The molecule has 0 saturated carbocycles. The van der Waals surface area contributed by atoms with Crippen molar-refractivity contribution in [1.82, 2.24) is 4.90 Å². The van der Waals surface area contributed by atoms with E-state index in [1.165, 1.54) is 17.4 Å². The van der Waals surface area contributed by atoms with Crippen LogP contribution in [0.25, 0.3) is 0 Å². The first-order valence-electron chi connectivity index (χ1n) is 8.48. The van der Waals surface area contributed by atoms with E-state index in [0.29, 0.717) is 18.5 Å². The molecule has 0 aliphatic carbocycles. The predicted molar refractivity (Wildman–Crippen MR) is 94.3 cm³/mol. The van der Waals surface area contributed by atoms with Crippen LogP contribution in [0.4, 0.5) is 13.2 Å². The molecule has 2 heterocycles. The Bertz CT molecular complexity index is 787. The van der Waals surface area contributed by atoms with Gasteiger partial charge in [0.1, 0.15) is 6.04 Å². The lowest BCUT2D eigenvalue weighted by Gasteiger charge is -2.39. The zero-order valence-electron chi connectivity index (χ0n) is 14.3. The summed E-state index contributed by atoms with van der Waals surface area (Å²) in [4.78, 5) is 14.5. The van der Waals surface area contributed by atoms with E-state index in [4.69, 9.17) is 0 Å². The molecule has 3 nitrogen and oxygen atoms in total. The van der Waals surface area contributed by atoms with Crippen LogP contribution in [0.2, 0.25) is 0 Å². The maximum atomic E-state index is 13.2. The molecule has 0 radical (unpaired) electrons. The fourth-order valence-electron chi connectivity index (χ4n) is 3.53. The number of carboxylic acid groups (broad SMARTS) is 1. The van der Waals surface area contributed by atoms with E-state index in [0.717, 1.165) is 35.4 Å². The Hall–Kier alpha value is -1.86. The molecule has 26 heavy (non-hydrogen) atoms. The van der Waals surface area contributed by atoms with Crippen molar-refractivity contribution in [2.24, 2.45) is 0 Å². The number of rotatable bonds is 4. The van der Waals surface area contributed by atoms with Gasteiger partial charge in [-0.15, -0.1) is 11.3 Å². The summed E-state index contributed by atoms with van der Waals surface area (Å²) in [6, 6.07) is 6.00. The molecule has 7 heteroatoms. The first-order valence-corrected chi connectivity index (χ1v) is 9.36. The van der Waals surface area contributed by atoms with E-state index in [2.05, 4.69) is 0 Å². The van der Waals surface area contributed by atoms with E-state index < -0.39 is 29.8 Å². The van der Waals surface area contributed by atoms with Crippen molar-refractivity contribution in [2.45, 2.75) is 44.4 Å². The van der Waals surface area contributed by atoms with Crippen molar-refractivity contribution in [1.29, 1.82) is 0 Å². The summed E-state index contributed by atoms with van der Waals surface area (Å²) in [5.41, 5.74) is 0.790. The fourth-order valence-corrected chi connectivity index (χ4v) is 4.57. The molecule has 1 aromatic heterocycles. The second-order valence-electron chi connectivity index (χ2n) is 6.64. The summed E-state index contributed by atoms with van der Waals surface area (Å²) in [6.07, 6.45) is -2.27. The Kier molecular flexibility index (Phi) is 5.39. The summed E-state index contributed by atoms with van der Waals surface area (Å²) >= 11 is 1.46. The monoisotopic (exact) mass is 383 g/mol. The van der Waals surface area contributed by atoms with Gasteiger partial charge >= 0.3 is 12.1 Å². The summed E-state index contributed by atoms with van der Waals surface area (Å²) in [5, 5.41) is 11.6. The minimum Gasteiger partial charge on any atom is -0.480 e. The predicted octanol–water partition coefficient (Wildman–Crippen LogP) is 5.10. The lowest BCUT2D eigenvalue weighted by Crippen LogP contribution is -2.46. The molecule has 0 bridgehead atoms. The van der Waals surface area contributed by atoms with Gasteiger partial charge in [-0.2, -0.15) is 13.2 Å². The van der Waals surface area contributed by atoms with Crippen molar-refractivity contribution in [3.63, 3.8) is 0 Å². The molecular formula is C19H20F3NO2S. The van der Waals surface area contributed by atoms with Crippen LogP contribution in [-0.4, -0.2) is 28.6 Å². The van der Waals surface area contributed by atoms with Crippen molar-refractivity contribution in [3.8, 4) is 0 Å². The highest BCUT2D eigenvalue weighted by atomic mass is 32.1. The number of carbonyl (C=O) groups is 1. The number of hydrogen-bond donors (Lipinski definition) is 1. The number of benzene rings is 1. The normalized spacial score (nSPS) is 20.1. The average molecular weight is 383 g/mol. The lowest BCUT2D eigenvalue weighted by molar-refractivity contribution is -0.145. The van der Waals surface area contributed by atoms with E-state index in [9.17, 15) is 23.1 Å². The Morgan fingerprint density at radius 1 is 1.31 bits per heavy atom. The molecule has 1 fully saturated rings. The molecule has 2 unspecified atom stereocenters. The standard InChI is InChI=1S/C19H20F3NO2S/c1-12-9-16(26-11-12)17(23-8-3-2-7-15(23)18(24)25)13-5-4-6-14(10-13)19(20,21)22/h4-6,9-11,15,17H,2-3,7-8H2,1H3,(H,24,25). The Labute approximate surface area is 154 Å². The maximum absolute atomic E-state index is 13.2. The number of alkyl halides is 3. The Balaban J connectivity index is 2.08. The molecule has 1 saturated heterocycles. The SMILES string of the molecule is Cc1csc(C(c2cccc(C(F)(F)F)c2)N2CCCCC2C(=O)O)c1. The molecule has 1 N–H and O–H groups in total. The highest BCUT2D eigenvalue weighted by Gasteiger charge is 2.37. The van der Waals surface area contributed by atoms with Gasteiger partial charge in [-0.1, -0.05) is 18.6 Å². The van der Waals surface area contributed by atoms with E-state index >= 15 is 0 Å². The zero-order chi connectivity index (χ0) is 18.9. The highest BCUT2D eigenvalue weighted by molar-refractivity contribution is 7.10. The van der Waals surface area contributed by atoms with Gasteiger partial charge in [-0.05, 0) is 61.0 Å². The molecule has 1 aromatic carbocycles. The van der Waals surface area contributed by atoms with Crippen LogP contribution < -0.4 is 0 Å². The van der Waals surface area contributed by atoms with Crippen LogP contribution in [0.1, 0.15) is 46.9 Å². The average Bonchev–Trinajstić information content (AvgIpc) is 3.01. The number of nitrogens with zero attached hydrogens (tertiary/aromatic N) is 1. The van der Waals surface area contributed by atoms with Crippen LogP contribution in [-0.2, 0) is 11.0 Å². The van der Waals surface area contributed by atoms with Gasteiger partial charge in [0, 0.05) is 4.88 Å². The van der Waals surface area contributed by atoms with Crippen LogP contribution >= 0.6 is 11.3 Å². The minimum absolute atomic E-state index is 0.481. The molecule has 1 aliphatic rings. The maximum Gasteiger partial charge on any atom is 0.416 e. The molecule has 2 aromatic rings. The van der Waals surface area contributed by atoms with Gasteiger partial charge in [0.2, 0.25) is 0 Å². The Morgan fingerprint density at radius 3 is 2.69 bits per heavy atom. The molecule has 1 aliphatic heterocycles. The van der Waals surface area contributed by atoms with Gasteiger partial charge in [-0.3, -0.25) is 9.69 Å². The minimum atomic E-state index is -4.43. The van der Waals surface area contributed by atoms with E-state index in [1.807, 2.05) is 23.3 Å². The summed E-state index contributed by atoms with van der Waals surface area (Å²) < 4.78 is 39.5. The lowest BCUT2D eigenvalue weighted by atomic mass is 9.94. The van der Waals surface area contributed by atoms with Gasteiger partial charge in [-0.25, -0.2) is 0 Å². The quantitative estimate of drug-likeness (QED) is 0.798. The number of hydrogen-bond acceptors (Lipinski definition) is 3. The topological polar surface area (TPSA) is 40.5 Å². The third-order valence-corrected chi connectivity index (χ3v) is 5.81. The van der Waals surface area contributed by atoms with Crippen molar-refractivity contribution in [2.75, 3.05) is 6.54 Å². The first kappa shape index (κ1) is 18.9. The van der Waals surface area contributed by atoms with E-state index in [1.54, 1.807) is 6.07 Å². The summed E-state index contributed by atoms with van der Waals surface area (Å²) in [7, 11) is 0. The first-order chi connectivity index (χ1) is 12.3. The summed E-state index contributed by atoms with van der Waals surface area (Å²) in [6.45, 7) is 2.48. The third-order valence-electron chi connectivity index (χ3n) is 4.71. The number of piperidine rings is 1. The molecular weight excluding hydrogens is 363 g/mol. The number of thiophene rings is 1. The number of aliphatic carboxylic acids is 1. The van der Waals surface area contributed by atoms with Crippen molar-refractivity contribution >= 4 is 17.3 Å². The van der Waals surface area contributed by atoms with Gasteiger partial charge in [0.15, 0.2) is 0 Å². The van der Waals surface area contributed by atoms with Gasteiger partial charge in [0.05, 0.1) is 11.6 Å². The van der Waals surface area contributed by atoms with Crippen LogP contribution in [0, 0.1) is 6.92 Å². The smallest absolute Gasteiger partial charge is 0.416 e. The zero-order valence-corrected chi connectivity index (χ0v) is 15.1. The van der Waals surface area contributed by atoms with Gasteiger partial charge < -0.3 is 5.11 Å². The molecule has 0 amide bonds. The molecule has 3 rings (SSSR count). The number of carboxylic acids is 1. The molecule has 140 valence electrons. The van der Waals surface area contributed by atoms with Crippen LogP contribution in [0.15, 0.2) is 35.7 Å².